The van der Waals surface area contributed by atoms with Crippen molar-refractivity contribution in [1.82, 2.24) is 0 Å². The summed E-state index contributed by atoms with van der Waals surface area (Å²) in [6, 6.07) is 0. The molecule has 1 saturated heterocycles. The molecule has 12 heteroatoms. The molecule has 33 heavy (non-hydrogen) atoms. The zero-order valence-corrected chi connectivity index (χ0v) is 17.8. The van der Waals surface area contributed by atoms with Crippen molar-refractivity contribution in [2.75, 3.05) is 13.7 Å². The maximum Gasteiger partial charge on any atom is 0.337 e. The number of carbonyl (C=O) groups excluding carboxylic acids is 2. The highest BCUT2D eigenvalue weighted by Crippen LogP contribution is 2.50. The summed E-state index contributed by atoms with van der Waals surface area (Å²) in [7, 11) is 1.20. The van der Waals surface area contributed by atoms with Gasteiger partial charge in [0.1, 0.15) is 24.4 Å². The number of aliphatic hydroxyl groups excluding tert-OH is 5. The summed E-state index contributed by atoms with van der Waals surface area (Å²) in [5.41, 5.74) is -1.30. The zero-order valence-electron chi connectivity index (χ0n) is 17.8. The van der Waals surface area contributed by atoms with Crippen molar-refractivity contribution >= 4 is 11.9 Å². The highest BCUT2D eigenvalue weighted by atomic mass is 16.8. The van der Waals surface area contributed by atoms with Gasteiger partial charge in [-0.25, -0.2) is 9.59 Å². The van der Waals surface area contributed by atoms with Crippen LogP contribution in [0.4, 0.5) is 0 Å². The van der Waals surface area contributed by atoms with E-state index < -0.39 is 79.1 Å². The van der Waals surface area contributed by atoms with Crippen molar-refractivity contribution in [3.63, 3.8) is 0 Å². The summed E-state index contributed by atoms with van der Waals surface area (Å²) in [6.07, 6.45) is -4.38. The van der Waals surface area contributed by atoms with E-state index >= 15 is 0 Å². The van der Waals surface area contributed by atoms with Crippen LogP contribution in [0.15, 0.2) is 35.6 Å². The molecule has 0 radical (unpaired) electrons. The fourth-order valence-electron chi connectivity index (χ4n) is 4.57. The molecule has 4 aliphatic rings. The predicted molar refractivity (Wildman–Crippen MR) is 105 cm³/mol. The Bertz CT molecular complexity index is 892. The van der Waals surface area contributed by atoms with Crippen LogP contribution >= 0.6 is 0 Å². The standard InChI is InChI=1S/C21H26O12/c1-8(23)10-5-21(33-18(10)28)4-3-9-11(17(27)29-2)7-30-19(13(9)21)32-20-16(26)15(25)14(24)12(6-22)31-20/h3-5,7-9,12-16,19-20,22-26H,6H2,1-2H3/t8-,9?,12?,13?,14?,15?,16?,19+,20?,21-/m0/s1. The van der Waals surface area contributed by atoms with Gasteiger partial charge in [-0.1, -0.05) is 6.08 Å². The third-order valence-corrected chi connectivity index (χ3v) is 6.33. The fraction of sp³-hybridized carbons (Fsp3) is 0.619. The molecule has 5 N–H and O–H groups in total. The average Bonchev–Trinajstić information content (AvgIpc) is 3.34. The maximum atomic E-state index is 12.4. The molecule has 12 nitrogen and oxygen atoms in total. The molecule has 0 aromatic carbocycles. The second kappa shape index (κ2) is 8.80. The number of esters is 2. The number of carbonyl (C=O) groups is 2. The van der Waals surface area contributed by atoms with Crippen molar-refractivity contribution < 1.29 is 58.8 Å². The minimum Gasteiger partial charge on any atom is -0.471 e. The number of rotatable bonds is 5. The Morgan fingerprint density at radius 3 is 2.55 bits per heavy atom. The van der Waals surface area contributed by atoms with Gasteiger partial charge in [-0.15, -0.1) is 0 Å². The van der Waals surface area contributed by atoms with E-state index in [-0.39, 0.29) is 11.1 Å². The summed E-state index contributed by atoms with van der Waals surface area (Å²) in [5, 5.41) is 49.8. The largest absolute Gasteiger partial charge is 0.471 e. The lowest BCUT2D eigenvalue weighted by Gasteiger charge is -2.44. The van der Waals surface area contributed by atoms with Crippen LogP contribution in [-0.2, 0) is 33.3 Å². The molecular formula is C21H26O12. The Hall–Kier alpha value is -2.32. The number of hydrogen-bond donors (Lipinski definition) is 5. The van der Waals surface area contributed by atoms with E-state index in [2.05, 4.69) is 0 Å². The van der Waals surface area contributed by atoms with E-state index in [1.807, 2.05) is 0 Å². The Kier molecular flexibility index (Phi) is 6.35. The molecule has 3 heterocycles. The lowest BCUT2D eigenvalue weighted by Crippen LogP contribution is -2.60. The maximum absolute atomic E-state index is 12.4. The first-order valence-corrected chi connectivity index (χ1v) is 10.4. The first kappa shape index (κ1) is 23.8. The van der Waals surface area contributed by atoms with Crippen LogP contribution in [0.25, 0.3) is 0 Å². The van der Waals surface area contributed by atoms with Crippen molar-refractivity contribution in [3.8, 4) is 0 Å². The Morgan fingerprint density at radius 1 is 1.21 bits per heavy atom. The Balaban J connectivity index is 1.67. The molecule has 10 atom stereocenters. The Labute approximate surface area is 188 Å². The van der Waals surface area contributed by atoms with Gasteiger partial charge < -0.3 is 49.2 Å². The third kappa shape index (κ3) is 3.87. The molecule has 182 valence electrons. The highest BCUT2D eigenvalue weighted by molar-refractivity contribution is 5.94. The second-order valence-corrected chi connectivity index (χ2v) is 8.33. The minimum absolute atomic E-state index is 0.0149. The molecule has 1 aliphatic carbocycles. The molecule has 0 aromatic heterocycles. The van der Waals surface area contributed by atoms with Gasteiger partial charge in [0.2, 0.25) is 6.29 Å². The predicted octanol–water partition coefficient (Wildman–Crippen LogP) is -2.38. The molecule has 1 fully saturated rings. The van der Waals surface area contributed by atoms with Gasteiger partial charge in [0.25, 0.3) is 0 Å². The highest BCUT2D eigenvalue weighted by Gasteiger charge is 2.59. The first-order chi connectivity index (χ1) is 15.6. The van der Waals surface area contributed by atoms with Gasteiger partial charge in [0, 0.05) is 5.92 Å². The quantitative estimate of drug-likeness (QED) is 0.213. The van der Waals surface area contributed by atoms with E-state index in [9.17, 15) is 35.1 Å². The molecule has 3 aliphatic heterocycles. The van der Waals surface area contributed by atoms with Gasteiger partial charge in [-0.05, 0) is 19.1 Å². The molecule has 0 aromatic rings. The normalized spacial score (nSPS) is 42.8. The van der Waals surface area contributed by atoms with Crippen LogP contribution in [0.2, 0.25) is 0 Å². The summed E-state index contributed by atoms with van der Waals surface area (Å²) >= 11 is 0. The van der Waals surface area contributed by atoms with Crippen LogP contribution in [0.1, 0.15) is 6.92 Å². The topological polar surface area (TPSA) is 181 Å². The number of methoxy groups -OCH3 is 1. The van der Waals surface area contributed by atoms with Crippen molar-refractivity contribution in [1.29, 1.82) is 0 Å². The number of hydrogen-bond acceptors (Lipinski definition) is 12. The van der Waals surface area contributed by atoms with Crippen LogP contribution in [-0.4, -0.2) is 99.9 Å². The average molecular weight is 470 g/mol. The van der Waals surface area contributed by atoms with Crippen LogP contribution < -0.4 is 0 Å². The van der Waals surface area contributed by atoms with Gasteiger partial charge in [0.15, 0.2) is 11.9 Å². The van der Waals surface area contributed by atoms with E-state index in [4.69, 9.17) is 23.7 Å². The van der Waals surface area contributed by atoms with Gasteiger partial charge in [0.05, 0.1) is 43.1 Å². The van der Waals surface area contributed by atoms with Gasteiger partial charge >= 0.3 is 11.9 Å². The molecule has 0 amide bonds. The Morgan fingerprint density at radius 2 is 1.94 bits per heavy atom. The third-order valence-electron chi connectivity index (χ3n) is 6.33. The van der Waals surface area contributed by atoms with Crippen molar-refractivity contribution in [2.24, 2.45) is 11.8 Å². The summed E-state index contributed by atoms with van der Waals surface area (Å²) in [4.78, 5) is 24.7. The lowest BCUT2D eigenvalue weighted by atomic mass is 9.78. The first-order valence-electron chi connectivity index (χ1n) is 10.4. The second-order valence-electron chi connectivity index (χ2n) is 8.33. The van der Waals surface area contributed by atoms with Crippen LogP contribution in [0.3, 0.4) is 0 Å². The van der Waals surface area contributed by atoms with Gasteiger partial charge in [-0.3, -0.25) is 0 Å². The monoisotopic (exact) mass is 470 g/mol. The zero-order chi connectivity index (χ0) is 24.1. The molecule has 0 saturated carbocycles. The molecule has 0 bridgehead atoms. The lowest BCUT2D eigenvalue weighted by molar-refractivity contribution is -0.344. The van der Waals surface area contributed by atoms with Crippen LogP contribution in [0, 0.1) is 11.8 Å². The molecular weight excluding hydrogens is 444 g/mol. The molecule has 4 rings (SSSR count). The summed E-state index contributed by atoms with van der Waals surface area (Å²) < 4.78 is 27.2. The molecule has 1 spiro atoms. The number of allylic oxidation sites excluding steroid dienone is 1. The van der Waals surface area contributed by atoms with E-state index in [0.29, 0.717) is 0 Å². The van der Waals surface area contributed by atoms with Crippen molar-refractivity contribution in [3.05, 3.63) is 35.6 Å². The SMILES string of the molecule is COC(=O)C1=CO[C@H](OC2OC(CO)C(O)C(O)C2O)C2C1C=C[C@]21C=C([C@H](C)O)C(=O)O1. The van der Waals surface area contributed by atoms with E-state index in [1.165, 1.54) is 20.1 Å². The van der Waals surface area contributed by atoms with E-state index in [1.54, 1.807) is 12.2 Å². The molecule has 7 unspecified atom stereocenters. The number of ether oxygens (including phenoxy) is 5. The number of fused-ring (bicyclic) bond motifs is 2. The van der Waals surface area contributed by atoms with Gasteiger partial charge in [-0.2, -0.15) is 0 Å². The number of aliphatic hydroxyl groups is 5. The smallest absolute Gasteiger partial charge is 0.337 e. The van der Waals surface area contributed by atoms with E-state index in [0.717, 1.165) is 6.26 Å². The summed E-state index contributed by atoms with van der Waals surface area (Å²) in [6.45, 7) is 0.750. The van der Waals surface area contributed by atoms with Crippen molar-refractivity contribution in [2.45, 2.75) is 55.6 Å². The van der Waals surface area contributed by atoms with Crippen LogP contribution in [0.5, 0.6) is 0 Å². The summed E-state index contributed by atoms with van der Waals surface area (Å²) in [5.74, 6) is -3.03. The fourth-order valence-corrected chi connectivity index (χ4v) is 4.57. The minimum atomic E-state index is -1.70.